The SMILES string of the molecule is C[C@@H]1CN(c2ccccc2)C[C@@H](C)OC(=O)O1. The molecule has 0 amide bonds. The molecule has 2 rings (SSSR count). The summed E-state index contributed by atoms with van der Waals surface area (Å²) in [4.78, 5) is 13.4. The first-order chi connectivity index (χ1) is 8.15. The van der Waals surface area contributed by atoms with Gasteiger partial charge in [0, 0.05) is 5.69 Å². The lowest BCUT2D eigenvalue weighted by Crippen LogP contribution is -2.42. The molecule has 92 valence electrons. The van der Waals surface area contributed by atoms with Gasteiger partial charge in [-0.1, -0.05) is 18.2 Å². The maximum absolute atomic E-state index is 11.2. The van der Waals surface area contributed by atoms with Gasteiger partial charge in [0.2, 0.25) is 0 Å². The Labute approximate surface area is 101 Å². The standard InChI is InChI=1S/C13H17NO3/c1-10-8-14(12-6-4-3-5-7-12)9-11(2)17-13(15)16-10/h3-7,10-11H,8-9H2,1-2H3/t10-,11-/m1/s1. The number of para-hydroxylation sites is 1. The molecule has 0 spiro atoms. The van der Waals surface area contributed by atoms with Crippen molar-refractivity contribution in [2.75, 3.05) is 18.0 Å². The molecule has 0 aliphatic carbocycles. The van der Waals surface area contributed by atoms with Gasteiger partial charge < -0.3 is 14.4 Å². The Morgan fingerprint density at radius 2 is 1.59 bits per heavy atom. The quantitative estimate of drug-likeness (QED) is 0.701. The molecule has 1 saturated heterocycles. The van der Waals surface area contributed by atoms with Crippen molar-refractivity contribution in [3.8, 4) is 0 Å². The van der Waals surface area contributed by atoms with Crippen molar-refractivity contribution in [3.05, 3.63) is 30.3 Å². The Hall–Kier alpha value is -1.71. The van der Waals surface area contributed by atoms with E-state index in [0.717, 1.165) is 5.69 Å². The van der Waals surface area contributed by atoms with E-state index >= 15 is 0 Å². The number of hydrogen-bond donors (Lipinski definition) is 0. The lowest BCUT2D eigenvalue weighted by molar-refractivity contribution is 0.00130. The molecule has 0 unspecified atom stereocenters. The topological polar surface area (TPSA) is 38.8 Å². The first-order valence-electron chi connectivity index (χ1n) is 5.82. The third kappa shape index (κ3) is 3.12. The molecular weight excluding hydrogens is 218 g/mol. The average molecular weight is 235 g/mol. The summed E-state index contributed by atoms with van der Waals surface area (Å²) in [5, 5.41) is 0. The first-order valence-corrected chi connectivity index (χ1v) is 5.82. The molecule has 0 saturated carbocycles. The Morgan fingerprint density at radius 1 is 1.06 bits per heavy atom. The van der Waals surface area contributed by atoms with Gasteiger partial charge in [-0.15, -0.1) is 0 Å². The highest BCUT2D eigenvalue weighted by atomic mass is 16.7. The van der Waals surface area contributed by atoms with Gasteiger partial charge in [-0.2, -0.15) is 0 Å². The van der Waals surface area contributed by atoms with Crippen LogP contribution in [0.15, 0.2) is 30.3 Å². The maximum atomic E-state index is 11.2. The second-order valence-electron chi connectivity index (χ2n) is 4.35. The summed E-state index contributed by atoms with van der Waals surface area (Å²) in [6.07, 6.45) is -0.914. The highest BCUT2D eigenvalue weighted by Crippen LogP contribution is 2.17. The van der Waals surface area contributed by atoms with E-state index < -0.39 is 6.16 Å². The fourth-order valence-corrected chi connectivity index (χ4v) is 1.98. The summed E-state index contributed by atoms with van der Waals surface area (Å²) >= 11 is 0. The van der Waals surface area contributed by atoms with Crippen LogP contribution < -0.4 is 4.90 Å². The van der Waals surface area contributed by atoms with E-state index in [2.05, 4.69) is 4.90 Å². The second-order valence-corrected chi connectivity index (χ2v) is 4.35. The van der Waals surface area contributed by atoms with Crippen molar-refractivity contribution >= 4 is 11.8 Å². The molecule has 1 heterocycles. The van der Waals surface area contributed by atoms with Gasteiger partial charge in [0.25, 0.3) is 0 Å². The van der Waals surface area contributed by atoms with Crippen molar-refractivity contribution in [1.29, 1.82) is 0 Å². The highest BCUT2D eigenvalue weighted by molar-refractivity contribution is 5.61. The summed E-state index contributed by atoms with van der Waals surface area (Å²) in [6, 6.07) is 10.1. The summed E-state index contributed by atoms with van der Waals surface area (Å²) < 4.78 is 10.2. The summed E-state index contributed by atoms with van der Waals surface area (Å²) in [7, 11) is 0. The Bertz CT molecular complexity index is 364. The van der Waals surface area contributed by atoms with Gasteiger partial charge in [-0.25, -0.2) is 4.79 Å². The largest absolute Gasteiger partial charge is 0.508 e. The molecule has 1 aliphatic heterocycles. The molecule has 0 bridgehead atoms. The molecule has 4 nitrogen and oxygen atoms in total. The van der Waals surface area contributed by atoms with E-state index in [1.807, 2.05) is 44.2 Å². The smallest absolute Gasteiger partial charge is 0.429 e. The predicted molar refractivity (Wildman–Crippen MR) is 65.1 cm³/mol. The molecule has 0 radical (unpaired) electrons. The maximum Gasteiger partial charge on any atom is 0.508 e. The van der Waals surface area contributed by atoms with E-state index in [-0.39, 0.29) is 12.2 Å². The van der Waals surface area contributed by atoms with Crippen molar-refractivity contribution in [1.82, 2.24) is 0 Å². The number of carbonyl (C=O) groups excluding carboxylic acids is 1. The van der Waals surface area contributed by atoms with Crippen LogP contribution in [0.25, 0.3) is 0 Å². The van der Waals surface area contributed by atoms with Gasteiger partial charge in [-0.3, -0.25) is 0 Å². The van der Waals surface area contributed by atoms with Crippen molar-refractivity contribution in [2.45, 2.75) is 26.1 Å². The zero-order valence-electron chi connectivity index (χ0n) is 10.1. The van der Waals surface area contributed by atoms with Crippen LogP contribution in [-0.2, 0) is 9.47 Å². The number of ether oxygens (including phenoxy) is 2. The highest BCUT2D eigenvalue weighted by Gasteiger charge is 2.23. The molecule has 1 fully saturated rings. The number of carbonyl (C=O) groups is 1. The molecule has 17 heavy (non-hydrogen) atoms. The van der Waals surface area contributed by atoms with Crippen molar-refractivity contribution in [3.63, 3.8) is 0 Å². The van der Waals surface area contributed by atoms with E-state index in [0.29, 0.717) is 13.1 Å². The van der Waals surface area contributed by atoms with Crippen LogP contribution in [-0.4, -0.2) is 31.5 Å². The zero-order valence-corrected chi connectivity index (χ0v) is 10.1. The van der Waals surface area contributed by atoms with E-state index in [4.69, 9.17) is 9.47 Å². The Morgan fingerprint density at radius 3 is 2.12 bits per heavy atom. The number of hydrogen-bond acceptors (Lipinski definition) is 4. The van der Waals surface area contributed by atoms with Gasteiger partial charge in [0.05, 0.1) is 13.1 Å². The summed E-state index contributed by atoms with van der Waals surface area (Å²) in [5.41, 5.74) is 1.12. The normalized spacial score (nSPS) is 25.5. The van der Waals surface area contributed by atoms with Gasteiger partial charge in [0.15, 0.2) is 0 Å². The number of benzene rings is 1. The van der Waals surface area contributed by atoms with Crippen LogP contribution in [0.5, 0.6) is 0 Å². The molecular formula is C13H17NO3. The van der Waals surface area contributed by atoms with Gasteiger partial charge >= 0.3 is 6.16 Å². The number of nitrogens with zero attached hydrogens (tertiary/aromatic N) is 1. The number of rotatable bonds is 1. The fraction of sp³-hybridized carbons (Fsp3) is 0.462. The van der Waals surface area contributed by atoms with Gasteiger partial charge in [0.1, 0.15) is 12.2 Å². The van der Waals surface area contributed by atoms with E-state index in [1.54, 1.807) is 0 Å². The predicted octanol–water partition coefficient (Wildman–Crippen LogP) is 2.44. The lowest BCUT2D eigenvalue weighted by atomic mass is 10.2. The number of cyclic esters (lactones) is 2. The number of anilines is 1. The fourth-order valence-electron chi connectivity index (χ4n) is 1.98. The minimum atomic E-state index is -0.572. The lowest BCUT2D eigenvalue weighted by Gasteiger charge is -2.32. The molecule has 2 atom stereocenters. The average Bonchev–Trinajstić information content (AvgIpc) is 2.27. The van der Waals surface area contributed by atoms with Crippen LogP contribution in [0.4, 0.5) is 10.5 Å². The van der Waals surface area contributed by atoms with Gasteiger partial charge in [-0.05, 0) is 26.0 Å². The summed E-state index contributed by atoms with van der Waals surface area (Å²) in [5.74, 6) is 0. The third-order valence-corrected chi connectivity index (χ3v) is 2.67. The van der Waals surface area contributed by atoms with Crippen LogP contribution in [0.3, 0.4) is 0 Å². The first kappa shape index (κ1) is 11.8. The molecule has 4 heteroatoms. The van der Waals surface area contributed by atoms with Crippen molar-refractivity contribution < 1.29 is 14.3 Å². The minimum Gasteiger partial charge on any atom is -0.429 e. The van der Waals surface area contributed by atoms with Crippen LogP contribution in [0.1, 0.15) is 13.8 Å². The monoisotopic (exact) mass is 235 g/mol. The van der Waals surface area contributed by atoms with Crippen molar-refractivity contribution in [2.24, 2.45) is 0 Å². The van der Waals surface area contributed by atoms with E-state index in [1.165, 1.54) is 0 Å². The third-order valence-electron chi connectivity index (χ3n) is 2.67. The molecule has 1 aromatic rings. The van der Waals surface area contributed by atoms with E-state index in [9.17, 15) is 4.79 Å². The van der Waals surface area contributed by atoms with Crippen LogP contribution in [0, 0.1) is 0 Å². The second kappa shape index (κ2) is 5.08. The van der Waals surface area contributed by atoms with Crippen LogP contribution >= 0.6 is 0 Å². The molecule has 1 aromatic carbocycles. The molecule has 1 aliphatic rings. The Balaban J connectivity index is 2.13. The minimum absolute atomic E-state index is 0.171. The zero-order chi connectivity index (χ0) is 12.3. The Kier molecular flexibility index (Phi) is 3.52. The summed E-state index contributed by atoms with van der Waals surface area (Å²) in [6.45, 7) is 5.10. The molecule has 0 N–H and O–H groups in total. The molecule has 0 aromatic heterocycles. The van der Waals surface area contributed by atoms with Crippen LogP contribution in [0.2, 0.25) is 0 Å².